The van der Waals surface area contributed by atoms with Crippen LogP contribution in [0.1, 0.15) is 25.7 Å². The largest absolute Gasteiger partial charge is 0.323 e. The van der Waals surface area contributed by atoms with Gasteiger partial charge in [0.2, 0.25) is 5.91 Å². The lowest BCUT2D eigenvalue weighted by atomic mass is 10.2. The number of carbonyl (C=O) groups is 1. The minimum atomic E-state index is -0.0630. The van der Waals surface area contributed by atoms with Gasteiger partial charge in [0.1, 0.15) is 0 Å². The number of carbonyl (C=O) groups excluding carboxylic acids is 1. The van der Waals surface area contributed by atoms with Crippen molar-refractivity contribution in [2.45, 2.75) is 25.7 Å². The van der Waals surface area contributed by atoms with E-state index in [0.29, 0.717) is 23.7 Å². The second kappa shape index (κ2) is 6.86. The van der Waals surface area contributed by atoms with Crippen LogP contribution in [0.15, 0.2) is 18.3 Å². The van der Waals surface area contributed by atoms with Crippen molar-refractivity contribution in [1.82, 2.24) is 4.98 Å². The first kappa shape index (κ1) is 12.5. The molecule has 1 rings (SSSR count). The summed E-state index contributed by atoms with van der Waals surface area (Å²) in [6.45, 7) is 0. The van der Waals surface area contributed by atoms with E-state index in [1.54, 1.807) is 18.3 Å². The van der Waals surface area contributed by atoms with Gasteiger partial charge in [-0.15, -0.1) is 12.3 Å². The summed E-state index contributed by atoms with van der Waals surface area (Å²) in [5.74, 6) is 2.47. The molecule has 0 aliphatic carbocycles. The predicted octanol–water partition coefficient (Wildman–Crippen LogP) is 2.87. The molecule has 0 aliphatic rings. The van der Waals surface area contributed by atoms with Gasteiger partial charge in [-0.25, -0.2) is 4.98 Å². The molecular weight excluding hydrogens is 224 g/mol. The molecule has 0 spiro atoms. The summed E-state index contributed by atoms with van der Waals surface area (Å²) in [4.78, 5) is 15.3. The van der Waals surface area contributed by atoms with Crippen molar-refractivity contribution in [2.24, 2.45) is 0 Å². The monoisotopic (exact) mass is 236 g/mol. The van der Waals surface area contributed by atoms with E-state index in [2.05, 4.69) is 16.2 Å². The number of amides is 1. The quantitative estimate of drug-likeness (QED) is 0.485. The number of pyridine rings is 1. The number of anilines is 1. The van der Waals surface area contributed by atoms with Gasteiger partial charge in [0.05, 0.1) is 5.69 Å². The number of hydrogen-bond donors (Lipinski definition) is 1. The van der Waals surface area contributed by atoms with E-state index in [1.165, 1.54) is 0 Å². The normalized spacial score (nSPS) is 9.50. The Hall–Kier alpha value is -1.53. The first-order valence-electron chi connectivity index (χ1n) is 5.08. The minimum Gasteiger partial charge on any atom is -0.323 e. The molecule has 84 valence electrons. The third-order valence-corrected chi connectivity index (χ3v) is 2.31. The van der Waals surface area contributed by atoms with E-state index >= 15 is 0 Å². The van der Waals surface area contributed by atoms with Gasteiger partial charge in [-0.2, -0.15) is 0 Å². The van der Waals surface area contributed by atoms with Crippen molar-refractivity contribution in [1.29, 1.82) is 0 Å². The van der Waals surface area contributed by atoms with Crippen LogP contribution in [-0.2, 0) is 4.79 Å². The molecule has 0 aromatic carbocycles. The lowest BCUT2D eigenvalue weighted by Gasteiger charge is -2.05. The Bertz CT molecular complexity index is 398. The van der Waals surface area contributed by atoms with E-state index in [4.69, 9.17) is 18.0 Å². The summed E-state index contributed by atoms with van der Waals surface area (Å²) >= 11 is 5.80. The van der Waals surface area contributed by atoms with Gasteiger partial charge in [-0.1, -0.05) is 11.6 Å². The van der Waals surface area contributed by atoms with E-state index in [-0.39, 0.29) is 5.91 Å². The molecule has 0 saturated carbocycles. The third-order valence-electron chi connectivity index (χ3n) is 2.01. The van der Waals surface area contributed by atoms with Gasteiger partial charge < -0.3 is 5.32 Å². The molecule has 3 nitrogen and oxygen atoms in total. The highest BCUT2D eigenvalue weighted by Crippen LogP contribution is 2.17. The molecule has 1 N–H and O–H groups in total. The SMILES string of the molecule is C#CCCCCC(=O)Nc1cccnc1Cl. The Kier molecular flexibility index (Phi) is 5.38. The summed E-state index contributed by atoms with van der Waals surface area (Å²) < 4.78 is 0. The highest BCUT2D eigenvalue weighted by atomic mass is 35.5. The zero-order valence-electron chi connectivity index (χ0n) is 8.87. The number of unbranched alkanes of at least 4 members (excludes halogenated alkanes) is 2. The molecule has 1 aromatic rings. The van der Waals surface area contributed by atoms with E-state index in [9.17, 15) is 4.79 Å². The van der Waals surface area contributed by atoms with Crippen molar-refractivity contribution in [3.05, 3.63) is 23.5 Å². The first-order valence-corrected chi connectivity index (χ1v) is 5.45. The number of terminal acetylenes is 1. The second-order valence-corrected chi connectivity index (χ2v) is 3.66. The Morgan fingerprint density at radius 1 is 1.56 bits per heavy atom. The summed E-state index contributed by atoms with van der Waals surface area (Å²) in [6, 6.07) is 3.44. The fourth-order valence-electron chi connectivity index (χ4n) is 1.20. The smallest absolute Gasteiger partial charge is 0.224 e. The molecule has 1 aromatic heterocycles. The molecule has 0 fully saturated rings. The number of hydrogen-bond acceptors (Lipinski definition) is 2. The molecule has 0 atom stereocenters. The van der Waals surface area contributed by atoms with E-state index in [0.717, 1.165) is 12.8 Å². The Balaban J connectivity index is 2.35. The van der Waals surface area contributed by atoms with Crippen LogP contribution in [0.4, 0.5) is 5.69 Å². The Labute approximate surface area is 100 Å². The van der Waals surface area contributed by atoms with Crippen LogP contribution in [0, 0.1) is 12.3 Å². The molecule has 0 radical (unpaired) electrons. The highest BCUT2D eigenvalue weighted by Gasteiger charge is 2.05. The maximum Gasteiger partial charge on any atom is 0.224 e. The lowest BCUT2D eigenvalue weighted by Crippen LogP contribution is -2.11. The van der Waals surface area contributed by atoms with E-state index < -0.39 is 0 Å². The van der Waals surface area contributed by atoms with Gasteiger partial charge in [0.15, 0.2) is 5.15 Å². The van der Waals surface area contributed by atoms with Crippen molar-refractivity contribution in [2.75, 3.05) is 5.32 Å². The van der Waals surface area contributed by atoms with E-state index in [1.807, 2.05) is 0 Å². The van der Waals surface area contributed by atoms with Crippen molar-refractivity contribution < 1.29 is 4.79 Å². The Morgan fingerprint density at radius 2 is 2.38 bits per heavy atom. The molecule has 0 unspecified atom stereocenters. The van der Waals surface area contributed by atoms with Gasteiger partial charge in [0, 0.05) is 19.0 Å². The summed E-state index contributed by atoms with van der Waals surface area (Å²) in [5.41, 5.74) is 0.547. The summed E-state index contributed by atoms with van der Waals surface area (Å²) in [6.07, 6.45) is 9.50. The van der Waals surface area contributed by atoms with Crippen molar-refractivity contribution >= 4 is 23.2 Å². The minimum absolute atomic E-state index is 0.0630. The van der Waals surface area contributed by atoms with Gasteiger partial charge in [0.25, 0.3) is 0 Å². The molecule has 1 heterocycles. The first-order chi connectivity index (χ1) is 7.74. The number of aromatic nitrogens is 1. The molecule has 1 amide bonds. The number of nitrogens with one attached hydrogen (secondary N) is 1. The number of nitrogens with zero attached hydrogens (tertiary/aromatic N) is 1. The van der Waals surface area contributed by atoms with Crippen LogP contribution < -0.4 is 5.32 Å². The van der Waals surface area contributed by atoms with Crippen LogP contribution in [0.25, 0.3) is 0 Å². The third kappa shape index (κ3) is 4.33. The topological polar surface area (TPSA) is 42.0 Å². The second-order valence-electron chi connectivity index (χ2n) is 3.30. The maximum atomic E-state index is 11.5. The lowest BCUT2D eigenvalue weighted by molar-refractivity contribution is -0.116. The molecule has 16 heavy (non-hydrogen) atoms. The highest BCUT2D eigenvalue weighted by molar-refractivity contribution is 6.32. The fraction of sp³-hybridized carbons (Fsp3) is 0.333. The molecular formula is C12H13ClN2O. The number of rotatable bonds is 5. The average Bonchev–Trinajstić information content (AvgIpc) is 2.28. The van der Waals surface area contributed by atoms with Gasteiger partial charge in [-0.3, -0.25) is 4.79 Å². The zero-order chi connectivity index (χ0) is 11.8. The number of halogens is 1. The van der Waals surface area contributed by atoms with Crippen molar-refractivity contribution in [3.63, 3.8) is 0 Å². The molecule has 0 aliphatic heterocycles. The fourth-order valence-corrected chi connectivity index (χ4v) is 1.37. The Morgan fingerprint density at radius 3 is 3.06 bits per heavy atom. The molecule has 0 bridgehead atoms. The zero-order valence-corrected chi connectivity index (χ0v) is 9.63. The van der Waals surface area contributed by atoms with Crippen LogP contribution in [-0.4, -0.2) is 10.9 Å². The van der Waals surface area contributed by atoms with Gasteiger partial charge in [-0.05, 0) is 25.0 Å². The van der Waals surface area contributed by atoms with Crippen LogP contribution in [0.2, 0.25) is 5.15 Å². The molecule has 4 heteroatoms. The summed E-state index contributed by atoms with van der Waals surface area (Å²) in [7, 11) is 0. The van der Waals surface area contributed by atoms with Crippen LogP contribution >= 0.6 is 11.6 Å². The standard InChI is InChI=1S/C12H13ClN2O/c1-2-3-4-5-8-11(16)15-10-7-6-9-14-12(10)13/h1,6-7,9H,3-5,8H2,(H,15,16). The average molecular weight is 237 g/mol. The van der Waals surface area contributed by atoms with Crippen LogP contribution in [0.5, 0.6) is 0 Å². The van der Waals surface area contributed by atoms with Crippen molar-refractivity contribution in [3.8, 4) is 12.3 Å². The van der Waals surface area contributed by atoms with Crippen LogP contribution in [0.3, 0.4) is 0 Å². The van der Waals surface area contributed by atoms with Gasteiger partial charge >= 0.3 is 0 Å². The summed E-state index contributed by atoms with van der Waals surface area (Å²) in [5, 5.41) is 3.01. The predicted molar refractivity (Wildman–Crippen MR) is 65.2 cm³/mol. The maximum absolute atomic E-state index is 11.5. The molecule has 0 saturated heterocycles.